The van der Waals surface area contributed by atoms with Gasteiger partial charge >= 0.3 is 12.4 Å². The molecule has 0 saturated heterocycles. The number of nitrogens with one attached hydrogen (secondary N) is 2. The maximum Gasteiger partial charge on any atom is 0.573 e. The highest BCUT2D eigenvalue weighted by Crippen LogP contribution is 2.38. The minimum Gasteiger partial charge on any atom is -0.506 e. The Kier molecular flexibility index (Phi) is 10.4. The lowest BCUT2D eigenvalue weighted by Gasteiger charge is -2.11. The predicted molar refractivity (Wildman–Crippen MR) is 206 cm³/mol. The van der Waals surface area contributed by atoms with E-state index in [2.05, 4.69) is 35.8 Å². The van der Waals surface area contributed by atoms with Crippen molar-refractivity contribution in [2.45, 2.75) is 6.36 Å². The van der Waals surface area contributed by atoms with E-state index in [1.165, 1.54) is 36.4 Å². The van der Waals surface area contributed by atoms with Crippen LogP contribution >= 0.6 is 0 Å². The van der Waals surface area contributed by atoms with Crippen LogP contribution in [-0.2, 0) is 0 Å². The van der Waals surface area contributed by atoms with E-state index in [1.807, 2.05) is 24.3 Å². The first-order valence-electron chi connectivity index (χ1n) is 16.9. The number of fused-ring (bicyclic) bond motifs is 2. The summed E-state index contributed by atoms with van der Waals surface area (Å²) < 4.78 is 41.5. The highest BCUT2D eigenvalue weighted by molar-refractivity contribution is 6.10. The fourth-order valence-electron chi connectivity index (χ4n) is 5.75. The first kappa shape index (κ1) is 37.4. The molecule has 0 aliphatic rings. The molecular weight excluding hydrogens is 741 g/mol. The molecule has 0 bridgehead atoms. The van der Waals surface area contributed by atoms with E-state index in [0.29, 0.717) is 39.0 Å². The number of phenols is 2. The van der Waals surface area contributed by atoms with Gasteiger partial charge in [-0.25, -0.2) is 4.79 Å². The summed E-state index contributed by atoms with van der Waals surface area (Å²) in [6, 6.07) is 34.6. The van der Waals surface area contributed by atoms with Crippen molar-refractivity contribution in [2.24, 2.45) is 20.5 Å². The summed E-state index contributed by atoms with van der Waals surface area (Å²) in [7, 11) is 0. The fourth-order valence-corrected chi connectivity index (χ4v) is 5.75. The number of carbonyl (C=O) groups excluding carboxylic acids is 3. The second kappa shape index (κ2) is 15.8. The Labute approximate surface area is 320 Å². The molecule has 282 valence electrons. The third-order valence-corrected chi connectivity index (χ3v) is 8.45. The predicted octanol–water partition coefficient (Wildman–Crippen LogP) is 11.3. The summed E-state index contributed by atoms with van der Waals surface area (Å²) in [5.74, 6) is -1.79. The van der Waals surface area contributed by atoms with Crippen LogP contribution in [0.15, 0.2) is 160 Å². The number of hydrogen-bond donors (Lipinski definition) is 4. The topological polar surface area (TPSA) is 174 Å². The van der Waals surface area contributed by atoms with Gasteiger partial charge in [0.25, 0.3) is 5.91 Å². The van der Waals surface area contributed by atoms with Gasteiger partial charge in [0, 0.05) is 39.2 Å². The number of aromatic hydroxyl groups is 2. The summed E-state index contributed by atoms with van der Waals surface area (Å²) in [6.07, 6.45) is -4.92. The molecule has 7 aromatic carbocycles. The SMILES string of the molecule is O=C(NC(=O)c1ccc2c(N=Nc3ccc(C(=O)c4ccc(N=Nc5c(O)ccc6ccccc56)cc4)cc3)c(O)ccc2c1)Nc1cccc(OC(F)(F)F)c1. The quantitative estimate of drug-likeness (QED) is 0.0839. The number of anilines is 1. The van der Waals surface area contributed by atoms with Crippen molar-refractivity contribution in [2.75, 3.05) is 5.32 Å². The molecule has 7 rings (SSSR count). The van der Waals surface area contributed by atoms with Gasteiger partial charge in [-0.3, -0.25) is 14.9 Å². The average molecular weight is 769 g/mol. The van der Waals surface area contributed by atoms with Gasteiger partial charge in [0.05, 0.1) is 11.4 Å². The van der Waals surface area contributed by atoms with Crippen LogP contribution in [-0.4, -0.2) is 34.3 Å². The molecule has 0 atom stereocenters. The van der Waals surface area contributed by atoms with Crippen LogP contribution in [0.4, 0.5) is 46.4 Å². The molecule has 12 nitrogen and oxygen atoms in total. The first-order chi connectivity index (χ1) is 27.4. The largest absolute Gasteiger partial charge is 0.573 e. The number of phenolic OH excluding ortho intramolecular Hbond substituents is 2. The molecule has 57 heavy (non-hydrogen) atoms. The van der Waals surface area contributed by atoms with Gasteiger partial charge in [-0.2, -0.15) is 10.2 Å². The van der Waals surface area contributed by atoms with Crippen molar-refractivity contribution in [3.05, 3.63) is 156 Å². The molecule has 0 spiro atoms. The monoisotopic (exact) mass is 768 g/mol. The van der Waals surface area contributed by atoms with Crippen molar-refractivity contribution in [3.8, 4) is 17.2 Å². The Morgan fingerprint density at radius 1 is 0.561 bits per heavy atom. The summed E-state index contributed by atoms with van der Waals surface area (Å²) in [6.45, 7) is 0. The van der Waals surface area contributed by atoms with Crippen molar-refractivity contribution in [1.82, 2.24) is 5.32 Å². The molecule has 0 saturated carbocycles. The number of carbonyl (C=O) groups is 3. The molecule has 15 heteroatoms. The van der Waals surface area contributed by atoms with E-state index in [4.69, 9.17) is 0 Å². The van der Waals surface area contributed by atoms with E-state index < -0.39 is 24.1 Å². The van der Waals surface area contributed by atoms with E-state index in [1.54, 1.807) is 66.7 Å². The highest BCUT2D eigenvalue weighted by atomic mass is 19.4. The number of alkyl halides is 3. The molecule has 0 heterocycles. The van der Waals surface area contributed by atoms with E-state index in [0.717, 1.165) is 22.9 Å². The van der Waals surface area contributed by atoms with E-state index >= 15 is 0 Å². The number of benzene rings is 7. The normalized spacial score (nSPS) is 11.6. The Bertz CT molecular complexity index is 2740. The first-order valence-corrected chi connectivity index (χ1v) is 16.9. The number of ether oxygens (including phenoxy) is 1. The van der Waals surface area contributed by atoms with Crippen molar-refractivity contribution < 1.29 is 42.5 Å². The molecule has 0 aromatic heterocycles. The molecule has 0 fully saturated rings. The fraction of sp³-hybridized carbons (Fsp3) is 0.0238. The van der Waals surface area contributed by atoms with Gasteiger partial charge in [-0.1, -0.05) is 48.5 Å². The zero-order valence-corrected chi connectivity index (χ0v) is 29.2. The number of urea groups is 1. The zero-order valence-electron chi connectivity index (χ0n) is 29.2. The van der Waals surface area contributed by atoms with E-state index in [-0.39, 0.29) is 34.2 Å². The Balaban J connectivity index is 0.993. The Hall–Kier alpha value is -7.94. The van der Waals surface area contributed by atoms with E-state index in [9.17, 15) is 37.8 Å². The van der Waals surface area contributed by atoms with Crippen LogP contribution in [0.1, 0.15) is 26.3 Å². The van der Waals surface area contributed by atoms with Crippen LogP contribution < -0.4 is 15.4 Å². The van der Waals surface area contributed by atoms with Crippen LogP contribution in [0.5, 0.6) is 17.2 Å². The zero-order chi connectivity index (χ0) is 40.1. The van der Waals surface area contributed by atoms with Crippen molar-refractivity contribution in [1.29, 1.82) is 0 Å². The lowest BCUT2D eigenvalue weighted by molar-refractivity contribution is -0.274. The summed E-state index contributed by atoms with van der Waals surface area (Å²) in [4.78, 5) is 38.5. The Morgan fingerprint density at radius 2 is 1.12 bits per heavy atom. The summed E-state index contributed by atoms with van der Waals surface area (Å²) in [5.41, 5.74) is 2.14. The maximum absolute atomic E-state index is 13.2. The Morgan fingerprint density at radius 3 is 1.74 bits per heavy atom. The molecule has 3 amide bonds. The third kappa shape index (κ3) is 8.90. The average Bonchev–Trinajstić information content (AvgIpc) is 3.19. The third-order valence-electron chi connectivity index (χ3n) is 8.45. The molecule has 0 aliphatic carbocycles. The summed E-state index contributed by atoms with van der Waals surface area (Å²) >= 11 is 0. The van der Waals surface area contributed by atoms with Crippen molar-refractivity contribution >= 4 is 67.7 Å². The molecular formula is C42H27F3N6O6. The van der Waals surface area contributed by atoms with Gasteiger partial charge < -0.3 is 20.3 Å². The second-order valence-corrected chi connectivity index (χ2v) is 12.3. The molecule has 7 aromatic rings. The van der Waals surface area contributed by atoms with Crippen molar-refractivity contribution in [3.63, 3.8) is 0 Å². The van der Waals surface area contributed by atoms with Crippen LogP contribution in [0.3, 0.4) is 0 Å². The molecule has 0 aliphatic heterocycles. The number of azo groups is 2. The van der Waals surface area contributed by atoms with Gasteiger partial charge in [0.2, 0.25) is 0 Å². The molecule has 0 radical (unpaired) electrons. The number of amides is 3. The van der Waals surface area contributed by atoms with Gasteiger partial charge in [0.15, 0.2) is 5.78 Å². The smallest absolute Gasteiger partial charge is 0.506 e. The van der Waals surface area contributed by atoms with Crippen LogP contribution in [0.2, 0.25) is 0 Å². The summed E-state index contributed by atoms with van der Waals surface area (Å²) in [5, 5.41) is 44.8. The molecule has 4 N–H and O–H groups in total. The van der Waals surface area contributed by atoms with Gasteiger partial charge in [-0.15, -0.1) is 23.4 Å². The number of rotatable bonds is 9. The van der Waals surface area contributed by atoms with Gasteiger partial charge in [-0.05, 0) is 95.7 Å². The number of nitrogens with zero attached hydrogens (tertiary/aromatic N) is 4. The highest BCUT2D eigenvalue weighted by Gasteiger charge is 2.31. The number of hydrogen-bond acceptors (Lipinski definition) is 10. The maximum atomic E-state index is 13.2. The lowest BCUT2D eigenvalue weighted by Crippen LogP contribution is -2.34. The second-order valence-electron chi connectivity index (χ2n) is 12.3. The van der Waals surface area contributed by atoms with Gasteiger partial charge in [0.1, 0.15) is 28.6 Å². The standard InChI is InChI=1S/C42H27F3N6O6/c43-42(44,45)57-32-6-3-5-31(23-32)46-41(56)47-40(55)28-12-19-34-27(22-28)14-21-36(53)38(34)51-49-30-17-10-26(11-18-30)39(54)25-8-15-29(16-9-25)48-50-37-33-7-2-1-4-24(33)13-20-35(37)52/h1-23,52-53H,(H2,46,47,55,56). The molecule has 0 unspecified atom stereocenters. The minimum atomic E-state index is -4.92. The van der Waals surface area contributed by atoms with Crippen LogP contribution in [0.25, 0.3) is 21.5 Å². The number of ketones is 1. The number of halogens is 3. The lowest BCUT2D eigenvalue weighted by atomic mass is 10.0. The van der Waals surface area contributed by atoms with Crippen LogP contribution in [0, 0.1) is 0 Å². The minimum absolute atomic E-state index is 0.0000750. The number of imide groups is 1.